The van der Waals surface area contributed by atoms with Crippen LogP contribution in [0.3, 0.4) is 0 Å². The lowest BCUT2D eigenvalue weighted by atomic mass is 10.1. The molecule has 3 aromatic rings. The van der Waals surface area contributed by atoms with Gasteiger partial charge in [0.15, 0.2) is 18.1 Å². The van der Waals surface area contributed by atoms with E-state index in [1.165, 1.54) is 19.2 Å². The number of anilines is 1. The van der Waals surface area contributed by atoms with E-state index in [2.05, 4.69) is 5.32 Å². The number of imide groups is 1. The molecule has 3 aromatic carbocycles. The van der Waals surface area contributed by atoms with E-state index < -0.39 is 17.0 Å². The molecule has 0 radical (unpaired) electrons. The maximum atomic E-state index is 14.0. The van der Waals surface area contributed by atoms with Gasteiger partial charge in [-0.3, -0.25) is 19.3 Å². The highest BCUT2D eigenvalue weighted by atomic mass is 32.2. The topological polar surface area (TPSA) is 84.9 Å². The van der Waals surface area contributed by atoms with Crippen LogP contribution in [0.1, 0.15) is 22.3 Å². The van der Waals surface area contributed by atoms with Crippen molar-refractivity contribution in [3.8, 4) is 11.5 Å². The van der Waals surface area contributed by atoms with Gasteiger partial charge in [0.05, 0.1) is 18.6 Å². The van der Waals surface area contributed by atoms with E-state index in [9.17, 15) is 18.8 Å². The highest BCUT2D eigenvalue weighted by Crippen LogP contribution is 2.35. The summed E-state index contributed by atoms with van der Waals surface area (Å²) in [5.41, 5.74) is 3.63. The predicted octanol–water partition coefficient (Wildman–Crippen LogP) is 5.71. The Balaban J connectivity index is 1.43. The molecule has 1 aliphatic heterocycles. The minimum atomic E-state index is -0.499. The lowest BCUT2D eigenvalue weighted by Gasteiger charge is -2.13. The van der Waals surface area contributed by atoms with E-state index in [1.54, 1.807) is 36.4 Å². The Hall–Kier alpha value is -4.11. The Morgan fingerprint density at radius 2 is 1.84 bits per heavy atom. The van der Waals surface area contributed by atoms with Crippen molar-refractivity contribution in [1.29, 1.82) is 0 Å². The number of hydrogen-bond donors (Lipinski definition) is 1. The largest absolute Gasteiger partial charge is 0.493 e. The summed E-state index contributed by atoms with van der Waals surface area (Å²) in [6.45, 7) is 3.53. The van der Waals surface area contributed by atoms with Gasteiger partial charge < -0.3 is 14.8 Å². The van der Waals surface area contributed by atoms with E-state index in [0.29, 0.717) is 17.1 Å². The molecule has 1 N–H and O–H groups in total. The summed E-state index contributed by atoms with van der Waals surface area (Å²) in [7, 11) is 1.46. The number of carbonyl (C=O) groups excluding carboxylic acids is 3. The van der Waals surface area contributed by atoms with Gasteiger partial charge in [0.2, 0.25) is 0 Å². The van der Waals surface area contributed by atoms with Crippen LogP contribution in [-0.2, 0) is 16.1 Å². The molecule has 1 saturated heterocycles. The van der Waals surface area contributed by atoms with Crippen LogP contribution in [0, 0.1) is 19.7 Å². The third-order valence-corrected chi connectivity index (χ3v) is 6.79. The smallest absolute Gasteiger partial charge is 0.293 e. The number of thioether (sulfide) groups is 1. The number of rotatable bonds is 8. The predicted molar refractivity (Wildman–Crippen MR) is 141 cm³/mol. The fraction of sp³-hybridized carbons (Fsp3) is 0.179. The van der Waals surface area contributed by atoms with Gasteiger partial charge in [-0.15, -0.1) is 0 Å². The van der Waals surface area contributed by atoms with Crippen LogP contribution < -0.4 is 14.8 Å². The van der Waals surface area contributed by atoms with Gasteiger partial charge in [-0.1, -0.05) is 36.4 Å². The molecule has 37 heavy (non-hydrogen) atoms. The van der Waals surface area contributed by atoms with Crippen molar-refractivity contribution in [2.75, 3.05) is 19.0 Å². The van der Waals surface area contributed by atoms with Crippen molar-refractivity contribution in [2.45, 2.75) is 20.4 Å². The fourth-order valence-electron chi connectivity index (χ4n) is 3.69. The summed E-state index contributed by atoms with van der Waals surface area (Å²) in [4.78, 5) is 38.9. The van der Waals surface area contributed by atoms with Gasteiger partial charge >= 0.3 is 0 Å². The SMILES string of the molecule is COc1cc(/C=C2\SC(=O)N(Cc3ccccc3F)C2=O)ccc1OCC(=O)Nc1cccc(C)c1C. The van der Waals surface area contributed by atoms with Crippen molar-refractivity contribution < 1.29 is 28.2 Å². The van der Waals surface area contributed by atoms with Crippen molar-refractivity contribution in [3.63, 3.8) is 0 Å². The van der Waals surface area contributed by atoms with Crippen LogP contribution in [-0.4, -0.2) is 35.7 Å². The van der Waals surface area contributed by atoms with Crippen LogP contribution in [0.25, 0.3) is 6.08 Å². The van der Waals surface area contributed by atoms with Crippen LogP contribution in [0.4, 0.5) is 14.9 Å². The number of carbonyl (C=O) groups is 3. The van der Waals surface area contributed by atoms with E-state index in [1.807, 2.05) is 32.0 Å². The zero-order valence-corrected chi connectivity index (χ0v) is 21.4. The summed E-state index contributed by atoms with van der Waals surface area (Å²) < 4.78 is 25.1. The van der Waals surface area contributed by atoms with Gasteiger partial charge in [0.25, 0.3) is 17.1 Å². The number of nitrogens with zero attached hydrogens (tertiary/aromatic N) is 1. The summed E-state index contributed by atoms with van der Waals surface area (Å²) in [6, 6.07) is 16.6. The number of nitrogens with one attached hydrogen (secondary N) is 1. The second-order valence-electron chi connectivity index (χ2n) is 8.35. The molecule has 1 fully saturated rings. The minimum absolute atomic E-state index is 0.144. The number of halogens is 1. The summed E-state index contributed by atoms with van der Waals surface area (Å²) in [5.74, 6) is -0.583. The Labute approximate surface area is 218 Å². The van der Waals surface area contributed by atoms with Gasteiger partial charge in [-0.25, -0.2) is 4.39 Å². The normalized spacial score (nSPS) is 14.3. The zero-order chi connectivity index (χ0) is 26.5. The lowest BCUT2D eigenvalue weighted by Crippen LogP contribution is -2.27. The van der Waals surface area contributed by atoms with Crippen LogP contribution >= 0.6 is 11.8 Å². The summed E-state index contributed by atoms with van der Waals surface area (Å²) in [6.07, 6.45) is 1.56. The second kappa shape index (κ2) is 11.3. The molecule has 4 rings (SSSR count). The molecule has 0 aliphatic carbocycles. The Morgan fingerprint density at radius 1 is 1.05 bits per heavy atom. The third kappa shape index (κ3) is 6.00. The molecule has 9 heteroatoms. The number of amides is 3. The number of aryl methyl sites for hydroxylation is 1. The van der Waals surface area contributed by atoms with Crippen LogP contribution in [0.2, 0.25) is 0 Å². The molecule has 1 heterocycles. The monoisotopic (exact) mass is 520 g/mol. The fourth-order valence-corrected chi connectivity index (χ4v) is 4.53. The average Bonchev–Trinajstić information content (AvgIpc) is 3.14. The van der Waals surface area contributed by atoms with Crippen LogP contribution in [0.5, 0.6) is 11.5 Å². The molecule has 3 amide bonds. The summed E-state index contributed by atoms with van der Waals surface area (Å²) >= 11 is 0.788. The first-order valence-corrected chi connectivity index (χ1v) is 12.2. The molecule has 0 bridgehead atoms. The number of ether oxygens (including phenoxy) is 2. The van der Waals surface area contributed by atoms with Gasteiger partial charge in [0.1, 0.15) is 5.82 Å². The Kier molecular flexibility index (Phi) is 7.93. The van der Waals surface area contributed by atoms with E-state index >= 15 is 0 Å². The molecule has 7 nitrogen and oxygen atoms in total. The standard InChI is InChI=1S/C28H25FN2O5S/c1-17-7-6-10-22(18(17)2)30-26(32)16-36-23-12-11-19(13-24(23)35-3)14-25-27(33)31(28(34)37-25)15-20-8-4-5-9-21(20)29/h4-14H,15-16H2,1-3H3,(H,30,32)/b25-14-. The van der Waals surface area contributed by atoms with Crippen molar-refractivity contribution in [2.24, 2.45) is 0 Å². The first kappa shape index (κ1) is 26.0. The van der Waals surface area contributed by atoms with Crippen molar-refractivity contribution in [1.82, 2.24) is 4.90 Å². The van der Waals surface area contributed by atoms with Crippen molar-refractivity contribution >= 4 is 40.6 Å². The zero-order valence-electron chi connectivity index (χ0n) is 20.5. The maximum absolute atomic E-state index is 14.0. The molecule has 0 aromatic heterocycles. The van der Waals surface area contributed by atoms with E-state index in [-0.39, 0.29) is 29.5 Å². The first-order chi connectivity index (χ1) is 17.8. The Morgan fingerprint density at radius 3 is 2.59 bits per heavy atom. The molecule has 0 saturated carbocycles. The average molecular weight is 521 g/mol. The molecule has 1 aliphatic rings. The van der Waals surface area contributed by atoms with E-state index in [4.69, 9.17) is 9.47 Å². The second-order valence-corrected chi connectivity index (χ2v) is 9.35. The lowest BCUT2D eigenvalue weighted by molar-refractivity contribution is -0.123. The molecule has 190 valence electrons. The highest BCUT2D eigenvalue weighted by molar-refractivity contribution is 8.18. The van der Waals surface area contributed by atoms with Gasteiger partial charge in [0, 0.05) is 11.3 Å². The molecule has 0 unspecified atom stereocenters. The first-order valence-electron chi connectivity index (χ1n) is 11.4. The number of hydrogen-bond acceptors (Lipinski definition) is 6. The highest BCUT2D eigenvalue weighted by Gasteiger charge is 2.35. The van der Waals surface area contributed by atoms with Gasteiger partial charge in [-0.05, 0) is 72.6 Å². The minimum Gasteiger partial charge on any atom is -0.493 e. The number of benzene rings is 3. The maximum Gasteiger partial charge on any atom is 0.293 e. The van der Waals surface area contributed by atoms with Gasteiger partial charge in [-0.2, -0.15) is 0 Å². The van der Waals surface area contributed by atoms with Crippen LogP contribution in [0.15, 0.2) is 65.6 Å². The molecule has 0 atom stereocenters. The molecular weight excluding hydrogens is 495 g/mol. The summed E-state index contributed by atoms with van der Waals surface area (Å²) in [5, 5.41) is 2.37. The quantitative estimate of drug-likeness (QED) is 0.383. The molecular formula is C28H25FN2O5S. The van der Waals surface area contributed by atoms with E-state index in [0.717, 1.165) is 33.5 Å². The third-order valence-electron chi connectivity index (χ3n) is 5.88. The molecule has 0 spiro atoms. The number of methoxy groups -OCH3 is 1. The Bertz CT molecular complexity index is 1410. The van der Waals surface area contributed by atoms with Crippen molar-refractivity contribution in [3.05, 3.63) is 93.6 Å².